The van der Waals surface area contributed by atoms with Crippen LogP contribution in [-0.4, -0.2) is 40.6 Å². The van der Waals surface area contributed by atoms with Crippen molar-refractivity contribution in [2.75, 3.05) is 6.54 Å². The normalized spacial score (nSPS) is 22.9. The average Bonchev–Trinajstić information content (AvgIpc) is 2.82. The van der Waals surface area contributed by atoms with E-state index in [-0.39, 0.29) is 17.7 Å². The minimum atomic E-state index is -0.902. The van der Waals surface area contributed by atoms with Gasteiger partial charge >= 0.3 is 5.97 Å². The van der Waals surface area contributed by atoms with Crippen molar-refractivity contribution in [3.05, 3.63) is 30.1 Å². The molecule has 1 aliphatic heterocycles. The van der Waals surface area contributed by atoms with Crippen molar-refractivity contribution in [3.63, 3.8) is 0 Å². The predicted octanol–water partition coefficient (Wildman–Crippen LogP) is 1.91. The van der Waals surface area contributed by atoms with E-state index in [4.69, 9.17) is 9.84 Å². The molecule has 3 unspecified atom stereocenters. The molecule has 3 atom stereocenters. The molecule has 0 saturated carbocycles. The third-order valence-electron chi connectivity index (χ3n) is 3.84. The van der Waals surface area contributed by atoms with Crippen LogP contribution in [0.3, 0.4) is 0 Å². The van der Waals surface area contributed by atoms with Crippen LogP contribution in [-0.2, 0) is 9.59 Å². The highest BCUT2D eigenvalue weighted by molar-refractivity contribution is 5.83. The molecule has 0 aromatic heterocycles. The van der Waals surface area contributed by atoms with Crippen molar-refractivity contribution < 1.29 is 23.8 Å². The molecule has 1 heterocycles. The maximum Gasteiger partial charge on any atom is 0.308 e. The van der Waals surface area contributed by atoms with E-state index in [0.29, 0.717) is 13.0 Å². The Morgan fingerprint density at radius 1 is 1.43 bits per heavy atom. The molecule has 0 bridgehead atoms. The summed E-state index contributed by atoms with van der Waals surface area (Å²) in [6.45, 7) is 3.62. The first-order chi connectivity index (χ1) is 9.91. The van der Waals surface area contributed by atoms with E-state index >= 15 is 0 Å². The van der Waals surface area contributed by atoms with Gasteiger partial charge in [0, 0.05) is 12.6 Å². The molecule has 5 nitrogen and oxygen atoms in total. The number of nitrogens with zero attached hydrogens (tertiary/aromatic N) is 1. The Morgan fingerprint density at radius 3 is 2.67 bits per heavy atom. The number of hydrogen-bond acceptors (Lipinski definition) is 3. The number of rotatable bonds is 4. The molecule has 1 saturated heterocycles. The van der Waals surface area contributed by atoms with Crippen LogP contribution in [0.25, 0.3) is 0 Å². The highest BCUT2D eigenvalue weighted by Gasteiger charge is 2.39. The number of hydrogen-bond donors (Lipinski definition) is 1. The average molecular weight is 295 g/mol. The summed E-state index contributed by atoms with van der Waals surface area (Å²) in [4.78, 5) is 24.9. The van der Waals surface area contributed by atoms with E-state index in [9.17, 15) is 14.0 Å². The maximum absolute atomic E-state index is 13.5. The van der Waals surface area contributed by atoms with Crippen LogP contribution >= 0.6 is 0 Å². The summed E-state index contributed by atoms with van der Waals surface area (Å²) >= 11 is 0. The minimum Gasteiger partial charge on any atom is -0.481 e. The molecule has 0 radical (unpaired) electrons. The molecule has 1 fully saturated rings. The molecule has 6 heteroatoms. The first-order valence-electron chi connectivity index (χ1n) is 6.86. The zero-order valence-corrected chi connectivity index (χ0v) is 12.0. The molecular formula is C15H18FNO4. The van der Waals surface area contributed by atoms with Gasteiger partial charge in [-0.15, -0.1) is 0 Å². The number of aliphatic carboxylic acids is 1. The summed E-state index contributed by atoms with van der Waals surface area (Å²) in [5.41, 5.74) is 0. The van der Waals surface area contributed by atoms with Gasteiger partial charge in [-0.05, 0) is 32.4 Å². The van der Waals surface area contributed by atoms with Gasteiger partial charge in [0.25, 0.3) is 5.91 Å². The molecule has 1 aromatic carbocycles. The largest absolute Gasteiger partial charge is 0.481 e. The van der Waals surface area contributed by atoms with E-state index in [0.717, 1.165) is 0 Å². The summed E-state index contributed by atoms with van der Waals surface area (Å²) in [5, 5.41) is 9.07. The van der Waals surface area contributed by atoms with Crippen LogP contribution in [0.4, 0.5) is 4.39 Å². The van der Waals surface area contributed by atoms with Gasteiger partial charge in [-0.25, -0.2) is 4.39 Å². The Hall–Kier alpha value is -2.11. The monoisotopic (exact) mass is 295 g/mol. The molecule has 0 aliphatic carbocycles. The Labute approximate surface area is 122 Å². The van der Waals surface area contributed by atoms with Crippen molar-refractivity contribution in [2.45, 2.75) is 32.4 Å². The summed E-state index contributed by atoms with van der Waals surface area (Å²) in [6, 6.07) is 5.48. The quantitative estimate of drug-likeness (QED) is 0.921. The number of ether oxygens (including phenoxy) is 1. The topological polar surface area (TPSA) is 66.8 Å². The van der Waals surface area contributed by atoms with E-state index < -0.39 is 23.8 Å². The molecule has 2 rings (SSSR count). The van der Waals surface area contributed by atoms with E-state index in [2.05, 4.69) is 0 Å². The van der Waals surface area contributed by atoms with Crippen molar-refractivity contribution in [1.29, 1.82) is 0 Å². The summed E-state index contributed by atoms with van der Waals surface area (Å²) in [7, 11) is 0. The molecule has 1 N–H and O–H groups in total. The van der Waals surface area contributed by atoms with Crippen molar-refractivity contribution in [2.24, 2.45) is 5.92 Å². The van der Waals surface area contributed by atoms with Crippen molar-refractivity contribution in [1.82, 2.24) is 4.90 Å². The van der Waals surface area contributed by atoms with E-state index in [1.165, 1.54) is 30.0 Å². The van der Waals surface area contributed by atoms with Crippen LogP contribution in [0.15, 0.2) is 24.3 Å². The van der Waals surface area contributed by atoms with Gasteiger partial charge in [0.15, 0.2) is 17.7 Å². The Bertz CT molecular complexity index is 548. The fourth-order valence-corrected chi connectivity index (χ4v) is 2.60. The van der Waals surface area contributed by atoms with E-state index in [1.54, 1.807) is 13.0 Å². The Kier molecular flexibility index (Phi) is 4.45. The molecule has 0 spiro atoms. The number of halogens is 1. The van der Waals surface area contributed by atoms with Crippen LogP contribution < -0.4 is 4.74 Å². The SMILES string of the molecule is CC(Oc1ccccc1F)C(=O)N1CCC(C(=O)O)C1C. The Morgan fingerprint density at radius 2 is 2.10 bits per heavy atom. The van der Waals surface area contributed by atoms with Gasteiger partial charge in [-0.2, -0.15) is 0 Å². The number of benzene rings is 1. The summed E-state index contributed by atoms with van der Waals surface area (Å²) in [6.07, 6.45) is -0.439. The van der Waals surface area contributed by atoms with Crippen LogP contribution in [0, 0.1) is 11.7 Å². The van der Waals surface area contributed by atoms with Gasteiger partial charge < -0.3 is 14.7 Å². The van der Waals surface area contributed by atoms with Gasteiger partial charge in [0.1, 0.15) is 0 Å². The predicted molar refractivity (Wildman–Crippen MR) is 73.4 cm³/mol. The third-order valence-corrected chi connectivity index (χ3v) is 3.84. The summed E-state index contributed by atoms with van der Waals surface area (Å²) in [5.74, 6) is -2.31. The van der Waals surface area contributed by atoms with Crippen LogP contribution in [0.1, 0.15) is 20.3 Å². The highest BCUT2D eigenvalue weighted by Crippen LogP contribution is 2.26. The number of carbonyl (C=O) groups is 2. The minimum absolute atomic E-state index is 0.0139. The molecule has 114 valence electrons. The van der Waals surface area contributed by atoms with Gasteiger partial charge in [-0.1, -0.05) is 12.1 Å². The maximum atomic E-state index is 13.5. The van der Waals surface area contributed by atoms with Crippen molar-refractivity contribution >= 4 is 11.9 Å². The lowest BCUT2D eigenvalue weighted by molar-refractivity contribution is -0.144. The molecule has 21 heavy (non-hydrogen) atoms. The second-order valence-corrected chi connectivity index (χ2v) is 5.20. The van der Waals surface area contributed by atoms with E-state index in [1.807, 2.05) is 0 Å². The fourth-order valence-electron chi connectivity index (χ4n) is 2.60. The second kappa shape index (κ2) is 6.11. The van der Waals surface area contributed by atoms with Crippen LogP contribution in [0.2, 0.25) is 0 Å². The molecule has 1 amide bonds. The molecule has 1 aromatic rings. The number of carboxylic acids is 1. The second-order valence-electron chi connectivity index (χ2n) is 5.20. The summed E-state index contributed by atoms with van der Waals surface area (Å²) < 4.78 is 18.9. The van der Waals surface area contributed by atoms with Gasteiger partial charge in [-0.3, -0.25) is 9.59 Å². The van der Waals surface area contributed by atoms with Crippen LogP contribution in [0.5, 0.6) is 5.75 Å². The third kappa shape index (κ3) is 3.15. The lowest BCUT2D eigenvalue weighted by Gasteiger charge is -2.26. The fraction of sp³-hybridized carbons (Fsp3) is 0.467. The first-order valence-corrected chi connectivity index (χ1v) is 6.86. The Balaban J connectivity index is 2.03. The number of likely N-dealkylation sites (tertiary alicyclic amines) is 1. The first kappa shape index (κ1) is 15.3. The zero-order chi connectivity index (χ0) is 15.6. The van der Waals surface area contributed by atoms with Crippen molar-refractivity contribution in [3.8, 4) is 5.75 Å². The molecule has 1 aliphatic rings. The standard InChI is InChI=1S/C15H18FNO4/c1-9-11(15(19)20)7-8-17(9)14(18)10(2)21-13-6-4-3-5-12(13)16/h3-6,9-11H,7-8H2,1-2H3,(H,19,20). The van der Waals surface area contributed by atoms with Gasteiger partial charge in [0.2, 0.25) is 0 Å². The number of carboxylic acid groups (broad SMARTS) is 1. The number of amides is 1. The smallest absolute Gasteiger partial charge is 0.308 e. The highest BCUT2D eigenvalue weighted by atomic mass is 19.1. The number of para-hydroxylation sites is 1. The lowest BCUT2D eigenvalue weighted by Crippen LogP contribution is -2.44. The van der Waals surface area contributed by atoms with Gasteiger partial charge in [0.05, 0.1) is 5.92 Å². The zero-order valence-electron chi connectivity index (χ0n) is 12.0. The lowest BCUT2D eigenvalue weighted by atomic mass is 10.0. The molecular weight excluding hydrogens is 277 g/mol. The number of carbonyl (C=O) groups excluding carboxylic acids is 1.